The highest BCUT2D eigenvalue weighted by atomic mass is 36.0. The van der Waals surface area contributed by atoms with Gasteiger partial charge in [-0.3, -0.25) is 0 Å². The third-order valence-electron chi connectivity index (χ3n) is 0.733. The zero-order valence-electron chi connectivity index (χ0n) is 4.93. The smallest absolute Gasteiger partial charge is 0.0523 e. The monoisotopic (exact) mass is 214 g/mol. The fourth-order valence-corrected chi connectivity index (χ4v) is 0.560. The summed E-state index contributed by atoms with van der Waals surface area (Å²) in [4.78, 5) is 0. The van der Waals surface area contributed by atoms with Gasteiger partial charge in [0.15, 0.2) is 0 Å². The van der Waals surface area contributed by atoms with E-state index in [9.17, 15) is 0 Å². The summed E-state index contributed by atoms with van der Waals surface area (Å²) in [7, 11) is 10.1. The van der Waals surface area contributed by atoms with Gasteiger partial charge in [0, 0.05) is 5.02 Å². The van der Waals surface area contributed by atoms with Crippen LogP contribution in [-0.2, 0) is 0 Å². The summed E-state index contributed by atoms with van der Waals surface area (Å²) < 4.78 is 0. The van der Waals surface area contributed by atoms with Crippen LogP contribution in [0.2, 0.25) is 5.02 Å². The Morgan fingerprint density at radius 3 is 1.60 bits per heavy atom. The normalized spacial score (nSPS) is 7.90. The van der Waals surface area contributed by atoms with E-state index in [4.69, 9.17) is 11.6 Å². The van der Waals surface area contributed by atoms with Crippen molar-refractivity contribution in [2.24, 2.45) is 0 Å². The Hall–Kier alpha value is 0.440. The standard InChI is InChI=1S/C6H5Cl.Cl2S/c7-6-4-2-1-3-5-6;1-3-2/h1-5H;. The summed E-state index contributed by atoms with van der Waals surface area (Å²) in [5, 5.41) is 0.794. The SMILES string of the molecule is ClSCl.Clc1ccccc1. The summed E-state index contributed by atoms with van der Waals surface area (Å²) in [5.74, 6) is 0. The minimum atomic E-state index is 0.694. The lowest BCUT2D eigenvalue weighted by atomic mass is 10.4. The van der Waals surface area contributed by atoms with Crippen LogP contribution < -0.4 is 0 Å². The molecule has 0 bridgehead atoms. The predicted octanol–water partition coefficient (Wildman–Crippen LogP) is 4.37. The Balaban J connectivity index is 0.000000236. The molecule has 0 nitrogen and oxygen atoms in total. The second-order valence-corrected chi connectivity index (χ2v) is 3.31. The zero-order chi connectivity index (χ0) is 7.82. The van der Waals surface area contributed by atoms with Gasteiger partial charge in [0.2, 0.25) is 0 Å². The van der Waals surface area contributed by atoms with Crippen LogP contribution in [0.15, 0.2) is 30.3 Å². The van der Waals surface area contributed by atoms with E-state index in [0.29, 0.717) is 10.2 Å². The van der Waals surface area contributed by atoms with Crippen molar-refractivity contribution < 1.29 is 0 Å². The Bertz CT molecular complexity index is 154. The molecule has 1 aromatic carbocycles. The van der Waals surface area contributed by atoms with Gasteiger partial charge < -0.3 is 0 Å². The molecule has 0 aliphatic rings. The van der Waals surface area contributed by atoms with E-state index >= 15 is 0 Å². The largest absolute Gasteiger partial charge is 0.0843 e. The maximum atomic E-state index is 5.54. The average molecular weight is 216 g/mol. The molecule has 0 saturated carbocycles. The zero-order valence-corrected chi connectivity index (χ0v) is 8.01. The number of hydrogen-bond acceptors (Lipinski definition) is 1. The first-order valence-corrected chi connectivity index (χ1v) is 5.26. The minimum absolute atomic E-state index is 0.694. The van der Waals surface area contributed by atoms with Crippen LogP contribution in [0.4, 0.5) is 0 Å². The van der Waals surface area contributed by atoms with E-state index < -0.39 is 0 Å². The van der Waals surface area contributed by atoms with Gasteiger partial charge in [-0.15, -0.1) is 0 Å². The van der Waals surface area contributed by atoms with Crippen LogP contribution in [0.3, 0.4) is 0 Å². The summed E-state index contributed by atoms with van der Waals surface area (Å²) >= 11 is 5.54. The van der Waals surface area contributed by atoms with Gasteiger partial charge in [-0.25, -0.2) is 0 Å². The maximum absolute atomic E-state index is 5.54. The Kier molecular flexibility index (Phi) is 7.88. The van der Waals surface area contributed by atoms with Gasteiger partial charge in [-0.2, -0.15) is 0 Å². The van der Waals surface area contributed by atoms with Crippen molar-refractivity contribution in [2.75, 3.05) is 0 Å². The third kappa shape index (κ3) is 6.56. The van der Waals surface area contributed by atoms with Crippen LogP contribution in [0, 0.1) is 0 Å². The molecule has 0 fully saturated rings. The Labute approximate surface area is 78.5 Å². The lowest BCUT2D eigenvalue weighted by molar-refractivity contribution is 1.71. The van der Waals surface area contributed by atoms with Crippen molar-refractivity contribution in [1.29, 1.82) is 0 Å². The molecular formula is C6H5Cl3S. The highest BCUT2D eigenvalue weighted by Gasteiger charge is 1.74. The fraction of sp³-hybridized carbons (Fsp3) is 0. The first kappa shape index (κ1) is 10.4. The molecule has 0 unspecified atom stereocenters. The van der Waals surface area contributed by atoms with E-state index in [0.717, 1.165) is 5.02 Å². The average Bonchev–Trinajstić information content (AvgIpc) is 1.91. The molecule has 0 saturated heterocycles. The van der Waals surface area contributed by atoms with Gasteiger partial charge in [-0.05, 0) is 33.5 Å². The van der Waals surface area contributed by atoms with E-state index in [2.05, 4.69) is 21.4 Å². The van der Waals surface area contributed by atoms with Crippen LogP contribution >= 0.6 is 43.2 Å². The van der Waals surface area contributed by atoms with Crippen LogP contribution in [0.5, 0.6) is 0 Å². The van der Waals surface area contributed by atoms with Gasteiger partial charge >= 0.3 is 0 Å². The molecule has 0 aromatic heterocycles. The lowest BCUT2D eigenvalue weighted by Gasteiger charge is -1.80. The molecule has 1 rings (SSSR count). The van der Waals surface area contributed by atoms with E-state index in [1.807, 2.05) is 30.3 Å². The molecule has 4 heteroatoms. The summed E-state index contributed by atoms with van der Waals surface area (Å²) in [6.45, 7) is 0. The van der Waals surface area contributed by atoms with Crippen LogP contribution in [0.25, 0.3) is 0 Å². The lowest BCUT2D eigenvalue weighted by Crippen LogP contribution is -1.55. The molecule has 0 aliphatic heterocycles. The van der Waals surface area contributed by atoms with Crippen molar-refractivity contribution in [3.8, 4) is 0 Å². The van der Waals surface area contributed by atoms with Gasteiger partial charge in [0.1, 0.15) is 0 Å². The van der Waals surface area contributed by atoms with Crippen molar-refractivity contribution in [2.45, 2.75) is 0 Å². The van der Waals surface area contributed by atoms with Gasteiger partial charge in [0.05, 0.1) is 10.2 Å². The quantitative estimate of drug-likeness (QED) is 0.619. The van der Waals surface area contributed by atoms with E-state index in [1.165, 1.54) is 0 Å². The summed E-state index contributed by atoms with van der Waals surface area (Å²) in [6, 6.07) is 9.44. The number of benzene rings is 1. The number of halogens is 3. The molecule has 0 aliphatic carbocycles. The van der Waals surface area contributed by atoms with Crippen molar-refractivity contribution in [3.05, 3.63) is 35.4 Å². The summed E-state index contributed by atoms with van der Waals surface area (Å²) in [5.41, 5.74) is 0. The molecule has 0 atom stereocenters. The second-order valence-electron chi connectivity index (χ2n) is 1.35. The van der Waals surface area contributed by atoms with Crippen molar-refractivity contribution in [1.82, 2.24) is 0 Å². The molecule has 56 valence electrons. The fourth-order valence-electron chi connectivity index (χ4n) is 0.415. The first-order valence-electron chi connectivity index (χ1n) is 2.41. The molecule has 0 amide bonds. The highest BCUT2D eigenvalue weighted by molar-refractivity contribution is 8.38. The first-order chi connectivity index (χ1) is 4.81. The molecule has 0 radical (unpaired) electrons. The molecule has 0 heterocycles. The molecule has 10 heavy (non-hydrogen) atoms. The van der Waals surface area contributed by atoms with Crippen LogP contribution in [0.1, 0.15) is 0 Å². The second kappa shape index (κ2) is 7.55. The van der Waals surface area contributed by atoms with Crippen molar-refractivity contribution in [3.63, 3.8) is 0 Å². The molecular weight excluding hydrogens is 210 g/mol. The number of rotatable bonds is 0. The number of hydrogen-bond donors (Lipinski definition) is 0. The van der Waals surface area contributed by atoms with Gasteiger partial charge in [0.25, 0.3) is 0 Å². The maximum Gasteiger partial charge on any atom is 0.0523 e. The molecule has 1 aromatic rings. The van der Waals surface area contributed by atoms with Gasteiger partial charge in [-0.1, -0.05) is 29.8 Å². The van der Waals surface area contributed by atoms with Crippen LogP contribution in [-0.4, -0.2) is 0 Å². The predicted molar refractivity (Wildman–Crippen MR) is 50.7 cm³/mol. The van der Waals surface area contributed by atoms with E-state index in [-0.39, 0.29) is 0 Å². The third-order valence-corrected chi connectivity index (χ3v) is 0.985. The topological polar surface area (TPSA) is 0 Å². The Morgan fingerprint density at radius 2 is 1.40 bits per heavy atom. The molecule has 0 spiro atoms. The molecule has 0 N–H and O–H groups in total. The highest BCUT2D eigenvalue weighted by Crippen LogP contribution is 2.08. The van der Waals surface area contributed by atoms with Crippen molar-refractivity contribution >= 4 is 43.2 Å². The minimum Gasteiger partial charge on any atom is -0.0843 e. The summed E-state index contributed by atoms with van der Waals surface area (Å²) in [6.07, 6.45) is 0. The van der Waals surface area contributed by atoms with E-state index in [1.54, 1.807) is 0 Å². The Morgan fingerprint density at radius 1 is 1.00 bits per heavy atom.